The molecule has 0 aromatic carbocycles. The van der Waals surface area contributed by atoms with Crippen LogP contribution >= 0.6 is 11.8 Å². The highest BCUT2D eigenvalue weighted by molar-refractivity contribution is 8.14. The van der Waals surface area contributed by atoms with E-state index in [9.17, 15) is 14.7 Å². The molecule has 0 unspecified atom stereocenters. The zero-order valence-electron chi connectivity index (χ0n) is 16.0. The zero-order chi connectivity index (χ0) is 19.4. The topological polar surface area (TPSA) is 84.9 Å². The molecule has 0 saturated carbocycles. The Morgan fingerprint density at radius 3 is 2.85 bits per heavy atom. The first-order valence-corrected chi connectivity index (χ1v) is 10.7. The highest BCUT2D eigenvalue weighted by atomic mass is 32.2. The third kappa shape index (κ3) is 5.59. The summed E-state index contributed by atoms with van der Waals surface area (Å²) in [5.74, 6) is -1.03. The number of ether oxygens (including phenoxy) is 2. The number of hydrogen-bond donors (Lipinski definition) is 2. The molecule has 6 nitrogen and oxygen atoms in total. The lowest BCUT2D eigenvalue weighted by molar-refractivity contribution is -0.283. The fourth-order valence-corrected chi connectivity index (χ4v) is 4.75. The van der Waals surface area contributed by atoms with Gasteiger partial charge in [-0.3, -0.25) is 4.79 Å². The number of amides is 1. The molecule has 1 amide bonds. The fourth-order valence-electron chi connectivity index (χ4n) is 3.86. The number of rotatable bonds is 1. The van der Waals surface area contributed by atoms with Gasteiger partial charge in [0.05, 0.1) is 12.1 Å². The summed E-state index contributed by atoms with van der Waals surface area (Å²) in [4.78, 5) is 23.9. The number of esters is 1. The molecule has 2 N–H and O–H groups in total. The Kier molecular flexibility index (Phi) is 6.65. The predicted molar refractivity (Wildman–Crippen MR) is 104 cm³/mol. The summed E-state index contributed by atoms with van der Waals surface area (Å²) in [6, 6.07) is -0.493. The van der Waals surface area contributed by atoms with Gasteiger partial charge in [-0.2, -0.15) is 0 Å². The monoisotopic (exact) mass is 395 g/mol. The van der Waals surface area contributed by atoms with E-state index in [-0.39, 0.29) is 23.7 Å². The molecule has 0 radical (unpaired) electrons. The Bertz CT molecular complexity index is 634. The van der Waals surface area contributed by atoms with Gasteiger partial charge >= 0.3 is 5.97 Å². The van der Waals surface area contributed by atoms with E-state index < -0.39 is 17.9 Å². The van der Waals surface area contributed by atoms with Crippen molar-refractivity contribution in [3.05, 3.63) is 23.8 Å². The second-order valence-corrected chi connectivity index (χ2v) is 8.88. The van der Waals surface area contributed by atoms with E-state index in [1.165, 1.54) is 0 Å². The summed E-state index contributed by atoms with van der Waals surface area (Å²) in [6.45, 7) is 4.10. The molecule has 0 aromatic heterocycles. The normalized spacial score (nSPS) is 41.7. The van der Waals surface area contributed by atoms with E-state index >= 15 is 0 Å². The smallest absolute Gasteiger partial charge is 0.330 e. The molecule has 0 spiro atoms. The lowest BCUT2D eigenvalue weighted by Crippen LogP contribution is -2.58. The van der Waals surface area contributed by atoms with Gasteiger partial charge in [-0.05, 0) is 38.5 Å². The largest absolute Gasteiger partial charge is 0.459 e. The summed E-state index contributed by atoms with van der Waals surface area (Å²) in [7, 11) is 0. The Morgan fingerprint density at radius 2 is 2.11 bits per heavy atom. The van der Waals surface area contributed by atoms with Crippen molar-refractivity contribution in [1.29, 1.82) is 0 Å². The minimum Gasteiger partial charge on any atom is -0.459 e. The molecule has 2 bridgehead atoms. The Labute approximate surface area is 164 Å². The van der Waals surface area contributed by atoms with Gasteiger partial charge in [-0.25, -0.2) is 4.79 Å². The molecule has 0 aromatic rings. The molecule has 2 saturated heterocycles. The van der Waals surface area contributed by atoms with Crippen molar-refractivity contribution in [1.82, 2.24) is 5.32 Å². The average Bonchev–Trinajstić information content (AvgIpc) is 3.03. The minimum absolute atomic E-state index is 0.160. The van der Waals surface area contributed by atoms with Crippen molar-refractivity contribution in [2.24, 2.45) is 5.92 Å². The van der Waals surface area contributed by atoms with E-state index in [0.29, 0.717) is 18.1 Å². The number of thioether (sulfide) groups is 1. The maximum Gasteiger partial charge on any atom is 0.330 e. The van der Waals surface area contributed by atoms with Crippen LogP contribution < -0.4 is 5.32 Å². The molecule has 27 heavy (non-hydrogen) atoms. The van der Waals surface area contributed by atoms with Gasteiger partial charge in [0.1, 0.15) is 6.10 Å². The van der Waals surface area contributed by atoms with Gasteiger partial charge < -0.3 is 19.9 Å². The standard InChI is InChI=1S/C20H29NO5S/c1-13-5-3-4-6-14(2)9-18(22)25-16-10-15(8-7-13)26-20(24,11-16)17-12-27-19(23)21-17/h3,5,9,13,15-17,24H,4,6-8,10-12H2,1-2H3,(H,21,23)/b5-3+,14-9-/t13-,15-,16-,17+,20-/m1/s1. The van der Waals surface area contributed by atoms with Gasteiger partial charge in [0.25, 0.3) is 5.24 Å². The summed E-state index contributed by atoms with van der Waals surface area (Å²) in [6.07, 6.45) is 9.42. The average molecular weight is 396 g/mol. The molecule has 0 aliphatic carbocycles. The van der Waals surface area contributed by atoms with Gasteiger partial charge in [-0.1, -0.05) is 36.4 Å². The Balaban J connectivity index is 1.78. The van der Waals surface area contributed by atoms with Gasteiger partial charge in [0.15, 0.2) is 5.79 Å². The summed E-state index contributed by atoms with van der Waals surface area (Å²) < 4.78 is 11.7. The highest BCUT2D eigenvalue weighted by Gasteiger charge is 2.49. The number of allylic oxidation sites excluding steroid dienone is 3. The van der Waals surface area contributed by atoms with E-state index in [2.05, 4.69) is 24.4 Å². The Hall–Kier alpha value is -1.31. The quantitative estimate of drug-likeness (QED) is 0.523. The van der Waals surface area contributed by atoms with Crippen molar-refractivity contribution in [2.45, 2.75) is 76.4 Å². The molecular formula is C20H29NO5S. The van der Waals surface area contributed by atoms with Gasteiger partial charge in [0.2, 0.25) is 0 Å². The Morgan fingerprint density at radius 1 is 1.30 bits per heavy atom. The molecule has 3 heterocycles. The molecule has 3 rings (SSSR count). The highest BCUT2D eigenvalue weighted by Crippen LogP contribution is 2.37. The number of aliphatic hydroxyl groups is 1. The van der Waals surface area contributed by atoms with Crippen LogP contribution in [0.4, 0.5) is 4.79 Å². The first kappa shape index (κ1) is 20.4. The maximum absolute atomic E-state index is 12.3. The molecule has 150 valence electrons. The SMILES string of the molecule is C/C1=C/C(=O)O[C@@H]2C[C@@H](CC[C@H](C)/C=C/CC1)O[C@@](O)([C@@H]1CSC(=O)N1)C2. The summed E-state index contributed by atoms with van der Waals surface area (Å²) in [5, 5.41) is 13.7. The minimum atomic E-state index is -1.51. The third-order valence-corrected chi connectivity index (χ3v) is 6.28. The number of nitrogens with one attached hydrogen (secondary N) is 1. The van der Waals surface area contributed by atoms with E-state index in [1.807, 2.05) is 6.92 Å². The van der Waals surface area contributed by atoms with Crippen molar-refractivity contribution in [3.63, 3.8) is 0 Å². The van der Waals surface area contributed by atoms with Crippen molar-refractivity contribution < 1.29 is 24.2 Å². The summed E-state index contributed by atoms with van der Waals surface area (Å²) in [5.41, 5.74) is 0.979. The molecule has 3 aliphatic rings. The lowest BCUT2D eigenvalue weighted by atomic mass is 9.90. The second-order valence-electron chi connectivity index (χ2n) is 7.89. The maximum atomic E-state index is 12.3. The predicted octanol–water partition coefficient (Wildman–Crippen LogP) is 3.30. The zero-order valence-corrected chi connectivity index (χ0v) is 16.8. The van der Waals surface area contributed by atoms with Crippen LogP contribution in [-0.4, -0.2) is 46.1 Å². The fraction of sp³-hybridized carbons (Fsp3) is 0.700. The number of hydrogen-bond acceptors (Lipinski definition) is 6. The van der Waals surface area contributed by atoms with Crippen LogP contribution in [0, 0.1) is 5.92 Å². The van der Waals surface area contributed by atoms with Gasteiger partial charge in [0, 0.05) is 24.7 Å². The van der Waals surface area contributed by atoms with Crippen molar-refractivity contribution >= 4 is 23.0 Å². The van der Waals surface area contributed by atoms with Crippen LogP contribution in [0.5, 0.6) is 0 Å². The third-order valence-electron chi connectivity index (χ3n) is 5.40. The molecule has 3 aliphatic heterocycles. The number of carbonyl (C=O) groups excluding carboxylic acids is 2. The van der Waals surface area contributed by atoms with Crippen LogP contribution in [0.1, 0.15) is 52.4 Å². The van der Waals surface area contributed by atoms with Crippen molar-refractivity contribution in [3.8, 4) is 0 Å². The van der Waals surface area contributed by atoms with Crippen LogP contribution in [0.3, 0.4) is 0 Å². The summed E-state index contributed by atoms with van der Waals surface area (Å²) >= 11 is 1.14. The molecule has 2 fully saturated rings. The van der Waals surface area contributed by atoms with E-state index in [1.54, 1.807) is 6.08 Å². The van der Waals surface area contributed by atoms with Crippen LogP contribution in [0.2, 0.25) is 0 Å². The lowest BCUT2D eigenvalue weighted by Gasteiger charge is -2.43. The first-order chi connectivity index (χ1) is 12.8. The number of carbonyl (C=O) groups is 2. The molecule has 7 heteroatoms. The van der Waals surface area contributed by atoms with Crippen LogP contribution in [0.25, 0.3) is 0 Å². The van der Waals surface area contributed by atoms with Gasteiger partial charge in [-0.15, -0.1) is 0 Å². The first-order valence-electron chi connectivity index (χ1n) is 9.72. The van der Waals surface area contributed by atoms with Crippen LogP contribution in [0.15, 0.2) is 23.8 Å². The van der Waals surface area contributed by atoms with E-state index in [0.717, 1.165) is 43.0 Å². The molecule has 5 atom stereocenters. The van der Waals surface area contributed by atoms with Crippen LogP contribution in [-0.2, 0) is 14.3 Å². The van der Waals surface area contributed by atoms with Crippen molar-refractivity contribution in [2.75, 3.05) is 5.75 Å². The second kappa shape index (κ2) is 8.80. The molecular weight excluding hydrogens is 366 g/mol. The van der Waals surface area contributed by atoms with E-state index in [4.69, 9.17) is 9.47 Å². The number of fused-ring (bicyclic) bond motifs is 2.